The zero-order valence-electron chi connectivity index (χ0n) is 13.5. The van der Waals surface area contributed by atoms with Crippen LogP contribution in [0.15, 0.2) is 28.7 Å². The molecule has 6 rings (SSSR count). The van der Waals surface area contributed by atoms with Gasteiger partial charge in [-0.05, 0) is 62.5 Å². The van der Waals surface area contributed by atoms with E-state index in [2.05, 4.69) is 4.98 Å². The number of hydrogen-bond donors (Lipinski definition) is 0. The Labute approximate surface area is 145 Å². The van der Waals surface area contributed by atoms with Crippen LogP contribution in [-0.2, 0) is 16.1 Å². The van der Waals surface area contributed by atoms with Crippen LogP contribution in [0.5, 0.6) is 0 Å². The summed E-state index contributed by atoms with van der Waals surface area (Å²) < 4.78 is 11.3. The van der Waals surface area contributed by atoms with Crippen LogP contribution in [-0.4, -0.2) is 15.8 Å². The number of benzene rings is 1. The molecule has 4 bridgehead atoms. The van der Waals surface area contributed by atoms with E-state index in [-0.39, 0.29) is 22.9 Å². The van der Waals surface area contributed by atoms with Gasteiger partial charge >= 0.3 is 5.97 Å². The fourth-order valence-corrected chi connectivity index (χ4v) is 6.34. The number of alkyl halides is 1. The zero-order chi connectivity index (χ0) is 16.4. The number of oxazole rings is 1. The van der Waals surface area contributed by atoms with E-state index in [0.717, 1.165) is 43.2 Å². The zero-order valence-corrected chi connectivity index (χ0v) is 14.2. The third-order valence-corrected chi connectivity index (χ3v) is 6.53. The largest absolute Gasteiger partial charge is 0.455 e. The molecule has 2 atom stereocenters. The molecule has 0 saturated heterocycles. The average Bonchev–Trinajstić information content (AvgIpc) is 2.93. The van der Waals surface area contributed by atoms with E-state index in [1.54, 1.807) is 0 Å². The Hall–Kier alpha value is -1.55. The monoisotopic (exact) mass is 345 g/mol. The highest BCUT2D eigenvalue weighted by atomic mass is 35.5. The highest BCUT2D eigenvalue weighted by Crippen LogP contribution is 2.64. The maximum absolute atomic E-state index is 12.9. The van der Waals surface area contributed by atoms with Crippen molar-refractivity contribution in [2.45, 2.75) is 50.0 Å². The van der Waals surface area contributed by atoms with Gasteiger partial charge in [-0.15, -0.1) is 11.6 Å². The SMILES string of the molecule is O=C(OCc1nc2ccccc2o1)C12CC3CC(CC(Cl)(C3)C1)C2. The van der Waals surface area contributed by atoms with Gasteiger partial charge in [-0.2, -0.15) is 0 Å². The van der Waals surface area contributed by atoms with E-state index < -0.39 is 0 Å². The predicted molar refractivity (Wildman–Crippen MR) is 89.5 cm³/mol. The van der Waals surface area contributed by atoms with Crippen LogP contribution < -0.4 is 0 Å². The van der Waals surface area contributed by atoms with Gasteiger partial charge in [0.2, 0.25) is 5.89 Å². The van der Waals surface area contributed by atoms with Gasteiger partial charge in [0.25, 0.3) is 0 Å². The molecule has 0 amide bonds. The van der Waals surface area contributed by atoms with Gasteiger partial charge in [-0.25, -0.2) is 4.98 Å². The molecule has 2 aromatic rings. The molecule has 0 radical (unpaired) electrons. The summed E-state index contributed by atoms with van der Waals surface area (Å²) in [6, 6.07) is 7.57. The Balaban J connectivity index is 1.33. The number of nitrogens with zero attached hydrogens (tertiary/aromatic N) is 1. The number of carbonyl (C=O) groups is 1. The second kappa shape index (κ2) is 4.98. The number of carbonyl (C=O) groups excluding carboxylic acids is 1. The van der Waals surface area contributed by atoms with Crippen LogP contribution in [0.1, 0.15) is 44.4 Å². The maximum atomic E-state index is 12.9. The van der Waals surface area contributed by atoms with Crippen LogP contribution >= 0.6 is 11.6 Å². The molecule has 4 aliphatic rings. The van der Waals surface area contributed by atoms with E-state index in [9.17, 15) is 4.79 Å². The molecule has 0 spiro atoms. The number of halogens is 1. The molecular formula is C19H20ClNO3. The second-order valence-corrected chi connectivity index (χ2v) is 8.85. The summed E-state index contributed by atoms with van der Waals surface area (Å²) in [6.45, 7) is 0.0971. The third-order valence-electron chi connectivity index (χ3n) is 6.09. The summed E-state index contributed by atoms with van der Waals surface area (Å²) in [7, 11) is 0. The highest BCUT2D eigenvalue weighted by molar-refractivity contribution is 6.24. The van der Waals surface area contributed by atoms with E-state index in [1.807, 2.05) is 24.3 Å². The number of para-hydroxylation sites is 2. The van der Waals surface area contributed by atoms with Crippen LogP contribution in [0.3, 0.4) is 0 Å². The normalized spacial score (nSPS) is 37.0. The molecule has 0 aliphatic heterocycles. The molecule has 4 fully saturated rings. The first-order chi connectivity index (χ1) is 11.5. The lowest BCUT2D eigenvalue weighted by molar-refractivity contribution is -0.172. The summed E-state index contributed by atoms with van der Waals surface area (Å²) in [6.07, 6.45) is 5.99. The number of fused-ring (bicyclic) bond motifs is 1. The minimum absolute atomic E-state index is 0.0971. The molecule has 24 heavy (non-hydrogen) atoms. The Morgan fingerprint density at radius 3 is 2.71 bits per heavy atom. The van der Waals surface area contributed by atoms with E-state index in [1.165, 1.54) is 6.42 Å². The fraction of sp³-hybridized carbons (Fsp3) is 0.579. The van der Waals surface area contributed by atoms with Crippen molar-refractivity contribution in [2.75, 3.05) is 0 Å². The van der Waals surface area contributed by atoms with Crippen molar-refractivity contribution in [3.05, 3.63) is 30.2 Å². The van der Waals surface area contributed by atoms with Crippen molar-refractivity contribution >= 4 is 28.7 Å². The molecule has 4 saturated carbocycles. The molecule has 4 nitrogen and oxygen atoms in total. The molecule has 1 aromatic heterocycles. The van der Waals surface area contributed by atoms with E-state index in [4.69, 9.17) is 20.8 Å². The first kappa shape index (κ1) is 14.8. The van der Waals surface area contributed by atoms with Crippen molar-refractivity contribution in [1.29, 1.82) is 0 Å². The quantitative estimate of drug-likeness (QED) is 0.609. The van der Waals surface area contributed by atoms with Gasteiger partial charge < -0.3 is 9.15 Å². The van der Waals surface area contributed by atoms with Crippen LogP contribution in [0.4, 0.5) is 0 Å². The lowest BCUT2D eigenvalue weighted by Crippen LogP contribution is -2.56. The summed E-state index contributed by atoms with van der Waals surface area (Å²) in [5.74, 6) is 1.51. The lowest BCUT2D eigenvalue weighted by Gasteiger charge is -2.58. The van der Waals surface area contributed by atoms with Crippen LogP contribution in [0, 0.1) is 17.3 Å². The van der Waals surface area contributed by atoms with Gasteiger partial charge in [-0.3, -0.25) is 4.79 Å². The number of aromatic nitrogens is 1. The first-order valence-corrected chi connectivity index (χ1v) is 9.12. The summed E-state index contributed by atoms with van der Waals surface area (Å²) >= 11 is 6.80. The van der Waals surface area contributed by atoms with Crippen molar-refractivity contribution < 1.29 is 13.9 Å². The third kappa shape index (κ3) is 2.26. The van der Waals surface area contributed by atoms with Crippen molar-refractivity contribution in [3.8, 4) is 0 Å². The highest BCUT2D eigenvalue weighted by Gasteiger charge is 2.60. The summed E-state index contributed by atoms with van der Waals surface area (Å²) in [5, 5.41) is 0. The van der Waals surface area contributed by atoms with Gasteiger partial charge in [0.15, 0.2) is 12.2 Å². The summed E-state index contributed by atoms with van der Waals surface area (Å²) in [5.41, 5.74) is 1.13. The molecule has 126 valence electrons. The standard InChI is InChI=1S/C19H20ClNO3/c20-19-8-12-5-13(9-19)7-18(6-12,11-19)17(22)23-10-16-21-14-3-1-2-4-15(14)24-16/h1-4,12-13H,5-11H2. The van der Waals surface area contributed by atoms with Crippen LogP contribution in [0.2, 0.25) is 0 Å². The maximum Gasteiger partial charge on any atom is 0.312 e. The Morgan fingerprint density at radius 2 is 2.00 bits per heavy atom. The first-order valence-electron chi connectivity index (χ1n) is 8.74. The topological polar surface area (TPSA) is 52.3 Å². The molecule has 0 N–H and O–H groups in total. The number of ether oxygens (including phenoxy) is 1. The smallest absolute Gasteiger partial charge is 0.312 e. The van der Waals surface area contributed by atoms with Gasteiger partial charge in [-0.1, -0.05) is 12.1 Å². The predicted octanol–water partition coefficient (Wildman–Crippen LogP) is 4.45. The Morgan fingerprint density at radius 1 is 1.25 bits per heavy atom. The minimum Gasteiger partial charge on any atom is -0.455 e. The van der Waals surface area contributed by atoms with E-state index >= 15 is 0 Å². The van der Waals surface area contributed by atoms with E-state index in [0.29, 0.717) is 17.7 Å². The van der Waals surface area contributed by atoms with Gasteiger partial charge in [0.05, 0.1) is 5.41 Å². The number of hydrogen-bond acceptors (Lipinski definition) is 4. The molecular weight excluding hydrogens is 326 g/mol. The fourth-order valence-electron chi connectivity index (χ4n) is 5.65. The second-order valence-electron chi connectivity index (χ2n) is 8.04. The van der Waals surface area contributed by atoms with Crippen LogP contribution in [0.25, 0.3) is 11.1 Å². The van der Waals surface area contributed by atoms with Crippen molar-refractivity contribution in [3.63, 3.8) is 0 Å². The minimum atomic E-state index is -0.377. The molecule has 2 unspecified atom stereocenters. The Bertz CT molecular complexity index is 767. The van der Waals surface area contributed by atoms with Gasteiger partial charge in [0, 0.05) is 4.87 Å². The molecule has 5 heteroatoms. The summed E-state index contributed by atoms with van der Waals surface area (Å²) in [4.78, 5) is 17.1. The van der Waals surface area contributed by atoms with Gasteiger partial charge in [0.1, 0.15) is 5.52 Å². The number of esters is 1. The Kier molecular flexibility index (Phi) is 3.06. The molecule has 4 aliphatic carbocycles. The number of rotatable bonds is 3. The van der Waals surface area contributed by atoms with Crippen molar-refractivity contribution in [1.82, 2.24) is 4.98 Å². The average molecular weight is 346 g/mol. The molecule has 1 aromatic carbocycles. The molecule has 1 heterocycles. The lowest BCUT2D eigenvalue weighted by atomic mass is 9.49. The van der Waals surface area contributed by atoms with Crippen molar-refractivity contribution in [2.24, 2.45) is 17.3 Å².